The molecule has 5 N–H and O–H groups in total. The number of aryl methyl sites for hydroxylation is 1. The first-order valence-electron chi connectivity index (χ1n) is 11.3. The van der Waals surface area contributed by atoms with Crippen LogP contribution in [0.1, 0.15) is 34.8 Å². The van der Waals surface area contributed by atoms with Crippen LogP contribution in [-0.4, -0.2) is 82.0 Å². The zero-order valence-electron chi connectivity index (χ0n) is 18.6. The molecule has 2 aliphatic rings. The quantitative estimate of drug-likeness (QED) is 0.425. The minimum atomic E-state index is -1.41. The van der Waals surface area contributed by atoms with Crippen molar-refractivity contribution in [2.45, 2.75) is 62.5 Å². The van der Waals surface area contributed by atoms with E-state index < -0.39 is 43.2 Å². The summed E-state index contributed by atoms with van der Waals surface area (Å²) >= 11 is 0. The van der Waals surface area contributed by atoms with Crippen LogP contribution in [0.5, 0.6) is 5.75 Å². The number of aliphatic hydroxyl groups is 5. The first-order chi connectivity index (χ1) is 15.9. The molecule has 4 rings (SSSR count). The first-order valence-corrected chi connectivity index (χ1v) is 11.3. The third-order valence-electron chi connectivity index (χ3n) is 6.46. The van der Waals surface area contributed by atoms with Crippen molar-refractivity contribution in [1.29, 1.82) is 0 Å². The number of rotatable bonds is 6. The van der Waals surface area contributed by atoms with Crippen molar-refractivity contribution in [3.8, 4) is 5.75 Å². The predicted octanol–water partition coefficient (Wildman–Crippen LogP) is 0.629. The van der Waals surface area contributed by atoms with Crippen molar-refractivity contribution >= 4 is 0 Å². The highest BCUT2D eigenvalue weighted by Crippen LogP contribution is 2.33. The van der Waals surface area contributed by atoms with Gasteiger partial charge in [0.05, 0.1) is 19.8 Å². The monoisotopic (exact) mass is 460 g/mol. The number of hydrogen-bond acceptors (Lipinski definition) is 8. The number of benzene rings is 2. The molecule has 0 spiro atoms. The van der Waals surface area contributed by atoms with Crippen LogP contribution in [0.2, 0.25) is 0 Å². The van der Waals surface area contributed by atoms with Gasteiger partial charge >= 0.3 is 0 Å². The standard InChI is InChI=1S/C25H32O8/c1-14-2-5-16(25-24(30)23(29)22(28)21(12-26)33-25)11-17(14)10-15-3-6-18(7-4-15)32-20-8-9-31-13-19(20)27/h2-7,11,19-30H,8-10,12-13H2,1H3/t19?,20?,21-,22-,23+,24-,25+/m1/s1. The van der Waals surface area contributed by atoms with E-state index >= 15 is 0 Å². The Morgan fingerprint density at radius 3 is 2.42 bits per heavy atom. The maximum atomic E-state index is 10.5. The summed E-state index contributed by atoms with van der Waals surface area (Å²) < 4.78 is 16.8. The molecule has 0 aromatic heterocycles. The maximum absolute atomic E-state index is 10.5. The lowest BCUT2D eigenvalue weighted by Gasteiger charge is -2.40. The summed E-state index contributed by atoms with van der Waals surface area (Å²) in [5, 5.41) is 50.1. The molecule has 2 aromatic rings. The lowest BCUT2D eigenvalue weighted by molar-refractivity contribution is -0.231. The maximum Gasteiger partial charge on any atom is 0.129 e. The van der Waals surface area contributed by atoms with Crippen LogP contribution in [-0.2, 0) is 15.9 Å². The van der Waals surface area contributed by atoms with E-state index in [1.165, 1.54) is 0 Å². The van der Waals surface area contributed by atoms with E-state index in [2.05, 4.69) is 0 Å². The highest BCUT2D eigenvalue weighted by Gasteiger charge is 2.44. The molecule has 2 saturated heterocycles. The fourth-order valence-electron chi connectivity index (χ4n) is 4.36. The van der Waals surface area contributed by atoms with Crippen molar-refractivity contribution in [1.82, 2.24) is 0 Å². The van der Waals surface area contributed by atoms with Crippen LogP contribution in [0.15, 0.2) is 42.5 Å². The van der Waals surface area contributed by atoms with Gasteiger partial charge in [-0.05, 0) is 47.7 Å². The van der Waals surface area contributed by atoms with Crippen molar-refractivity contribution in [3.05, 3.63) is 64.7 Å². The minimum absolute atomic E-state index is 0.276. The lowest BCUT2D eigenvalue weighted by Crippen LogP contribution is -2.55. The SMILES string of the molecule is Cc1ccc([C@@H]2O[C@H](CO)[C@@H](O)[C@H](O)[C@H]2O)cc1Cc1ccc(OC2CCOCC2O)cc1. The zero-order valence-corrected chi connectivity index (χ0v) is 18.6. The summed E-state index contributed by atoms with van der Waals surface area (Å²) in [7, 11) is 0. The highest BCUT2D eigenvalue weighted by atomic mass is 16.5. The molecule has 0 saturated carbocycles. The molecule has 8 nitrogen and oxygen atoms in total. The van der Waals surface area contributed by atoms with Gasteiger partial charge in [0.25, 0.3) is 0 Å². The molecular weight excluding hydrogens is 428 g/mol. The van der Waals surface area contributed by atoms with E-state index in [4.69, 9.17) is 14.2 Å². The average molecular weight is 461 g/mol. The molecule has 33 heavy (non-hydrogen) atoms. The molecule has 0 bridgehead atoms. The van der Waals surface area contributed by atoms with Gasteiger partial charge in [-0.2, -0.15) is 0 Å². The van der Waals surface area contributed by atoms with Crippen LogP contribution in [0, 0.1) is 6.92 Å². The van der Waals surface area contributed by atoms with Crippen LogP contribution in [0.4, 0.5) is 0 Å². The third kappa shape index (κ3) is 5.38. The molecule has 2 unspecified atom stereocenters. The van der Waals surface area contributed by atoms with Crippen molar-refractivity contribution < 1.29 is 39.7 Å². The van der Waals surface area contributed by atoms with Crippen molar-refractivity contribution in [2.24, 2.45) is 0 Å². The third-order valence-corrected chi connectivity index (χ3v) is 6.46. The Bertz CT molecular complexity index is 915. The normalized spacial score (nSPS) is 32.5. The summed E-state index contributed by atoms with van der Waals surface area (Å²) in [5.41, 5.74) is 3.82. The van der Waals surface area contributed by atoms with Gasteiger partial charge in [0.2, 0.25) is 0 Å². The van der Waals surface area contributed by atoms with Crippen LogP contribution >= 0.6 is 0 Å². The van der Waals surface area contributed by atoms with Gasteiger partial charge in [0, 0.05) is 6.42 Å². The number of aliphatic hydroxyl groups excluding tert-OH is 5. The molecule has 2 aliphatic heterocycles. The second-order valence-corrected chi connectivity index (χ2v) is 8.84. The molecule has 0 radical (unpaired) electrons. The van der Waals surface area contributed by atoms with Crippen LogP contribution in [0.25, 0.3) is 0 Å². The van der Waals surface area contributed by atoms with E-state index in [1.807, 2.05) is 49.4 Å². The summed E-state index contributed by atoms with van der Waals surface area (Å²) in [6, 6.07) is 13.4. The van der Waals surface area contributed by atoms with Gasteiger partial charge in [-0.3, -0.25) is 0 Å². The Labute approximate surface area is 193 Å². The predicted molar refractivity (Wildman–Crippen MR) is 119 cm³/mol. The second-order valence-electron chi connectivity index (χ2n) is 8.84. The summed E-state index contributed by atoms with van der Waals surface area (Å²) in [4.78, 5) is 0. The minimum Gasteiger partial charge on any atom is -0.488 e. The Kier molecular flexibility index (Phi) is 7.65. The van der Waals surface area contributed by atoms with E-state index in [-0.39, 0.29) is 12.7 Å². The topological polar surface area (TPSA) is 129 Å². The Balaban J connectivity index is 1.47. The Morgan fingerprint density at radius 2 is 1.73 bits per heavy atom. The first kappa shape index (κ1) is 24.1. The Morgan fingerprint density at radius 1 is 0.970 bits per heavy atom. The molecule has 0 amide bonds. The summed E-state index contributed by atoms with van der Waals surface area (Å²) in [6.07, 6.45) is -5.53. The lowest BCUT2D eigenvalue weighted by atomic mass is 9.89. The van der Waals surface area contributed by atoms with Gasteiger partial charge in [-0.25, -0.2) is 0 Å². The van der Waals surface area contributed by atoms with Gasteiger partial charge in [0.15, 0.2) is 0 Å². The second kappa shape index (κ2) is 10.5. The van der Waals surface area contributed by atoms with Crippen molar-refractivity contribution in [2.75, 3.05) is 19.8 Å². The van der Waals surface area contributed by atoms with Gasteiger partial charge < -0.3 is 39.7 Å². The van der Waals surface area contributed by atoms with E-state index in [0.717, 1.165) is 16.7 Å². The fraction of sp³-hybridized carbons (Fsp3) is 0.520. The molecule has 2 heterocycles. The zero-order chi connectivity index (χ0) is 23.5. The summed E-state index contributed by atoms with van der Waals surface area (Å²) in [6.45, 7) is 2.40. The van der Waals surface area contributed by atoms with Gasteiger partial charge in [-0.1, -0.05) is 30.3 Å². The fourth-order valence-corrected chi connectivity index (χ4v) is 4.36. The smallest absolute Gasteiger partial charge is 0.129 e. The molecule has 180 valence electrons. The van der Waals surface area contributed by atoms with Crippen molar-refractivity contribution in [3.63, 3.8) is 0 Å². The van der Waals surface area contributed by atoms with Gasteiger partial charge in [0.1, 0.15) is 48.5 Å². The summed E-state index contributed by atoms with van der Waals surface area (Å²) in [5.74, 6) is 0.691. The molecule has 2 fully saturated rings. The van der Waals surface area contributed by atoms with E-state index in [9.17, 15) is 25.5 Å². The molecular formula is C25H32O8. The van der Waals surface area contributed by atoms with Crippen LogP contribution in [0.3, 0.4) is 0 Å². The molecule has 2 aromatic carbocycles. The molecule has 8 heteroatoms. The number of hydrogen-bond donors (Lipinski definition) is 5. The van der Waals surface area contributed by atoms with E-state index in [1.54, 1.807) is 0 Å². The highest BCUT2D eigenvalue weighted by molar-refractivity contribution is 5.38. The Hall–Kier alpha value is -2.04. The average Bonchev–Trinajstić information content (AvgIpc) is 2.82. The number of ether oxygens (including phenoxy) is 3. The molecule has 0 aliphatic carbocycles. The van der Waals surface area contributed by atoms with Crippen LogP contribution < -0.4 is 4.74 Å². The van der Waals surface area contributed by atoms with E-state index in [0.29, 0.717) is 30.8 Å². The largest absolute Gasteiger partial charge is 0.488 e. The molecule has 7 atom stereocenters. The van der Waals surface area contributed by atoms with Gasteiger partial charge in [-0.15, -0.1) is 0 Å².